The lowest BCUT2D eigenvalue weighted by molar-refractivity contribution is -0.131. The first-order valence-electron chi connectivity index (χ1n) is 6.21. The molecule has 0 saturated carbocycles. The molecule has 0 aliphatic heterocycles. The molecule has 94 valence electrons. The summed E-state index contributed by atoms with van der Waals surface area (Å²) in [4.78, 5) is 13.8. The molecule has 0 atom stereocenters. The van der Waals surface area contributed by atoms with Crippen molar-refractivity contribution in [2.45, 2.75) is 33.2 Å². The van der Waals surface area contributed by atoms with Crippen LogP contribution in [-0.2, 0) is 11.3 Å². The fourth-order valence-electron chi connectivity index (χ4n) is 1.84. The average molecular weight is 234 g/mol. The minimum Gasteiger partial charge on any atom is -0.338 e. The van der Waals surface area contributed by atoms with Gasteiger partial charge in [0.15, 0.2) is 0 Å². The maximum absolute atomic E-state index is 11.9. The molecule has 0 aromatic heterocycles. The van der Waals surface area contributed by atoms with Gasteiger partial charge in [0.25, 0.3) is 0 Å². The van der Waals surface area contributed by atoms with E-state index in [2.05, 4.69) is 26.0 Å². The molecule has 1 rings (SSSR count). The van der Waals surface area contributed by atoms with Crippen molar-refractivity contribution in [1.82, 2.24) is 4.90 Å². The summed E-state index contributed by atoms with van der Waals surface area (Å²) in [7, 11) is 0. The molecule has 0 saturated heterocycles. The second-order valence-electron chi connectivity index (χ2n) is 4.28. The Bertz CT molecular complexity index is 363. The number of benzene rings is 1. The zero-order chi connectivity index (χ0) is 12.7. The lowest BCUT2D eigenvalue weighted by Gasteiger charge is -2.23. The molecule has 0 aliphatic rings. The molecule has 1 aromatic carbocycles. The SMILES string of the molecule is CCCN(Cc1ccccc1C)C(=O)CCN. The van der Waals surface area contributed by atoms with Gasteiger partial charge >= 0.3 is 0 Å². The zero-order valence-corrected chi connectivity index (χ0v) is 10.8. The van der Waals surface area contributed by atoms with E-state index in [9.17, 15) is 4.79 Å². The van der Waals surface area contributed by atoms with Gasteiger partial charge in [-0.3, -0.25) is 4.79 Å². The Labute approximate surface area is 104 Å². The number of rotatable bonds is 6. The van der Waals surface area contributed by atoms with Crippen molar-refractivity contribution in [3.63, 3.8) is 0 Å². The summed E-state index contributed by atoms with van der Waals surface area (Å²) >= 11 is 0. The topological polar surface area (TPSA) is 46.3 Å². The van der Waals surface area contributed by atoms with Gasteiger partial charge in [0.2, 0.25) is 5.91 Å². The molecule has 2 N–H and O–H groups in total. The van der Waals surface area contributed by atoms with Gasteiger partial charge in [0.05, 0.1) is 0 Å². The smallest absolute Gasteiger partial charge is 0.224 e. The number of nitrogens with zero attached hydrogens (tertiary/aromatic N) is 1. The van der Waals surface area contributed by atoms with Crippen LogP contribution < -0.4 is 5.73 Å². The molecular weight excluding hydrogens is 212 g/mol. The van der Waals surface area contributed by atoms with Crippen molar-refractivity contribution in [3.05, 3.63) is 35.4 Å². The van der Waals surface area contributed by atoms with Gasteiger partial charge in [-0.05, 0) is 24.5 Å². The summed E-state index contributed by atoms with van der Waals surface area (Å²) in [6, 6.07) is 8.19. The molecule has 3 heteroatoms. The van der Waals surface area contributed by atoms with Gasteiger partial charge < -0.3 is 10.6 Å². The zero-order valence-electron chi connectivity index (χ0n) is 10.8. The van der Waals surface area contributed by atoms with Crippen LogP contribution in [-0.4, -0.2) is 23.9 Å². The number of carbonyl (C=O) groups excluding carboxylic acids is 1. The second kappa shape index (κ2) is 7.07. The van der Waals surface area contributed by atoms with Crippen LogP contribution in [0.25, 0.3) is 0 Å². The van der Waals surface area contributed by atoms with Crippen LogP contribution in [0.15, 0.2) is 24.3 Å². The van der Waals surface area contributed by atoms with E-state index in [0.717, 1.165) is 13.0 Å². The molecule has 0 unspecified atom stereocenters. The van der Waals surface area contributed by atoms with Crippen molar-refractivity contribution in [2.75, 3.05) is 13.1 Å². The van der Waals surface area contributed by atoms with Crippen molar-refractivity contribution < 1.29 is 4.79 Å². The second-order valence-corrected chi connectivity index (χ2v) is 4.28. The average Bonchev–Trinajstić information content (AvgIpc) is 2.31. The predicted molar refractivity (Wildman–Crippen MR) is 70.6 cm³/mol. The molecule has 0 heterocycles. The third kappa shape index (κ3) is 4.19. The Balaban J connectivity index is 2.73. The first kappa shape index (κ1) is 13.7. The number of aryl methyl sites for hydroxylation is 1. The molecule has 3 nitrogen and oxygen atoms in total. The summed E-state index contributed by atoms with van der Waals surface area (Å²) < 4.78 is 0. The molecule has 0 radical (unpaired) electrons. The molecule has 0 spiro atoms. The van der Waals surface area contributed by atoms with E-state index in [1.165, 1.54) is 11.1 Å². The molecule has 0 fully saturated rings. The third-order valence-corrected chi connectivity index (χ3v) is 2.83. The van der Waals surface area contributed by atoms with E-state index < -0.39 is 0 Å². The maximum atomic E-state index is 11.9. The molecule has 17 heavy (non-hydrogen) atoms. The fourth-order valence-corrected chi connectivity index (χ4v) is 1.84. The number of hydrogen-bond donors (Lipinski definition) is 1. The Morgan fingerprint density at radius 3 is 2.65 bits per heavy atom. The lowest BCUT2D eigenvalue weighted by atomic mass is 10.1. The molecule has 1 aromatic rings. The van der Waals surface area contributed by atoms with Crippen molar-refractivity contribution in [2.24, 2.45) is 5.73 Å². The highest BCUT2D eigenvalue weighted by Crippen LogP contribution is 2.11. The normalized spacial score (nSPS) is 10.3. The van der Waals surface area contributed by atoms with Crippen LogP contribution >= 0.6 is 0 Å². The van der Waals surface area contributed by atoms with Gasteiger partial charge in [-0.2, -0.15) is 0 Å². The largest absolute Gasteiger partial charge is 0.338 e. The summed E-state index contributed by atoms with van der Waals surface area (Å²) in [6.07, 6.45) is 1.41. The Morgan fingerprint density at radius 2 is 2.06 bits per heavy atom. The van der Waals surface area contributed by atoms with Gasteiger partial charge in [-0.1, -0.05) is 31.2 Å². The van der Waals surface area contributed by atoms with Gasteiger partial charge in [-0.15, -0.1) is 0 Å². The van der Waals surface area contributed by atoms with Crippen LogP contribution in [0.1, 0.15) is 30.9 Å². The maximum Gasteiger partial charge on any atom is 0.224 e. The van der Waals surface area contributed by atoms with Gasteiger partial charge in [0, 0.05) is 26.1 Å². The van der Waals surface area contributed by atoms with Crippen molar-refractivity contribution >= 4 is 5.91 Å². The standard InChI is InChI=1S/C14H22N2O/c1-3-10-16(14(17)8-9-15)11-13-7-5-4-6-12(13)2/h4-7H,3,8-11,15H2,1-2H3. The van der Waals surface area contributed by atoms with E-state index in [4.69, 9.17) is 5.73 Å². The van der Waals surface area contributed by atoms with E-state index in [-0.39, 0.29) is 5.91 Å². The predicted octanol–water partition coefficient (Wildman–Crippen LogP) is 2.08. The first-order valence-corrected chi connectivity index (χ1v) is 6.21. The van der Waals surface area contributed by atoms with Crippen molar-refractivity contribution in [1.29, 1.82) is 0 Å². The number of hydrogen-bond acceptors (Lipinski definition) is 2. The number of amides is 1. The van der Waals surface area contributed by atoms with E-state index >= 15 is 0 Å². The summed E-state index contributed by atoms with van der Waals surface area (Å²) in [5, 5.41) is 0. The summed E-state index contributed by atoms with van der Waals surface area (Å²) in [5.41, 5.74) is 7.88. The van der Waals surface area contributed by atoms with Gasteiger partial charge in [0.1, 0.15) is 0 Å². The first-order chi connectivity index (χ1) is 8.19. The Hall–Kier alpha value is -1.35. The van der Waals surface area contributed by atoms with Crippen molar-refractivity contribution in [3.8, 4) is 0 Å². The number of nitrogens with two attached hydrogens (primary N) is 1. The van der Waals surface area contributed by atoms with Crippen LogP contribution in [0.2, 0.25) is 0 Å². The summed E-state index contributed by atoms with van der Waals surface area (Å²) in [5.74, 6) is 0.151. The Kier molecular flexibility index (Phi) is 5.70. The molecule has 0 bridgehead atoms. The van der Waals surface area contributed by atoms with E-state index in [1.807, 2.05) is 17.0 Å². The van der Waals surface area contributed by atoms with Crippen LogP contribution in [0.5, 0.6) is 0 Å². The van der Waals surface area contributed by atoms with Gasteiger partial charge in [-0.25, -0.2) is 0 Å². The molecule has 0 aliphatic carbocycles. The highest BCUT2D eigenvalue weighted by molar-refractivity contribution is 5.76. The highest BCUT2D eigenvalue weighted by Gasteiger charge is 2.12. The highest BCUT2D eigenvalue weighted by atomic mass is 16.2. The quantitative estimate of drug-likeness (QED) is 0.819. The lowest BCUT2D eigenvalue weighted by Crippen LogP contribution is -2.32. The van der Waals surface area contributed by atoms with E-state index in [1.54, 1.807) is 0 Å². The fraction of sp³-hybridized carbons (Fsp3) is 0.500. The van der Waals surface area contributed by atoms with Crippen LogP contribution in [0.4, 0.5) is 0 Å². The summed E-state index contributed by atoms with van der Waals surface area (Å²) in [6.45, 7) is 6.08. The molecular formula is C14H22N2O. The van der Waals surface area contributed by atoms with Crippen LogP contribution in [0.3, 0.4) is 0 Å². The third-order valence-electron chi connectivity index (χ3n) is 2.83. The minimum atomic E-state index is 0.151. The monoisotopic (exact) mass is 234 g/mol. The number of carbonyl (C=O) groups is 1. The molecule has 1 amide bonds. The minimum absolute atomic E-state index is 0.151. The van der Waals surface area contributed by atoms with Crippen LogP contribution in [0, 0.1) is 6.92 Å². The Morgan fingerprint density at radius 1 is 1.35 bits per heavy atom. The van der Waals surface area contributed by atoms with E-state index in [0.29, 0.717) is 19.5 Å².